The zero-order valence-electron chi connectivity index (χ0n) is 16.8. The van der Waals surface area contributed by atoms with E-state index in [1.807, 2.05) is 30.7 Å². The highest BCUT2D eigenvalue weighted by Crippen LogP contribution is 2.45. The third-order valence-electron chi connectivity index (χ3n) is 6.19. The maximum Gasteiger partial charge on any atom is 0.119 e. The van der Waals surface area contributed by atoms with E-state index in [0.29, 0.717) is 0 Å². The Bertz CT molecular complexity index is 993. The van der Waals surface area contributed by atoms with Crippen LogP contribution in [0.2, 0.25) is 0 Å². The number of aromatic nitrogens is 2. The summed E-state index contributed by atoms with van der Waals surface area (Å²) < 4.78 is 5.39. The number of pyridine rings is 2. The number of hydrogen-bond donors (Lipinski definition) is 0. The molecule has 0 unspecified atom stereocenters. The second-order valence-electron chi connectivity index (χ2n) is 8.18. The first-order valence-electron chi connectivity index (χ1n) is 10.2. The van der Waals surface area contributed by atoms with E-state index in [2.05, 4.69) is 51.2 Å². The summed E-state index contributed by atoms with van der Waals surface area (Å²) in [6.07, 6.45) is 6.88. The van der Waals surface area contributed by atoms with Gasteiger partial charge in [-0.15, -0.1) is 0 Å². The number of benzene rings is 1. The Labute approximate surface area is 172 Å². The average molecular weight is 386 g/mol. The zero-order valence-corrected chi connectivity index (χ0v) is 16.8. The van der Waals surface area contributed by atoms with Crippen molar-refractivity contribution in [2.24, 2.45) is 0 Å². The zero-order chi connectivity index (χ0) is 19.7. The van der Waals surface area contributed by atoms with Crippen LogP contribution in [-0.4, -0.2) is 41.6 Å². The van der Waals surface area contributed by atoms with Gasteiger partial charge in [0.25, 0.3) is 0 Å². The van der Waals surface area contributed by atoms with Crippen molar-refractivity contribution in [2.75, 3.05) is 31.6 Å². The van der Waals surface area contributed by atoms with Crippen molar-refractivity contribution in [3.8, 4) is 5.75 Å². The van der Waals surface area contributed by atoms with Crippen LogP contribution in [0, 0.1) is 0 Å². The molecule has 1 fully saturated rings. The van der Waals surface area contributed by atoms with Gasteiger partial charge in [0, 0.05) is 50.2 Å². The summed E-state index contributed by atoms with van der Waals surface area (Å²) in [6, 6.07) is 16.8. The van der Waals surface area contributed by atoms with Gasteiger partial charge in [0.2, 0.25) is 0 Å². The Hall–Kier alpha value is -2.92. The van der Waals surface area contributed by atoms with Gasteiger partial charge in [-0.2, -0.15) is 0 Å². The first kappa shape index (κ1) is 18.1. The lowest BCUT2D eigenvalue weighted by Gasteiger charge is -2.26. The van der Waals surface area contributed by atoms with Crippen LogP contribution < -0.4 is 9.64 Å². The van der Waals surface area contributed by atoms with Crippen molar-refractivity contribution in [3.63, 3.8) is 0 Å². The van der Waals surface area contributed by atoms with Gasteiger partial charge in [0.15, 0.2) is 0 Å². The molecule has 0 N–H and O–H groups in total. The minimum absolute atomic E-state index is 0.109. The van der Waals surface area contributed by atoms with Crippen LogP contribution in [0.25, 0.3) is 0 Å². The van der Waals surface area contributed by atoms with E-state index < -0.39 is 0 Å². The number of fused-ring (bicyclic) bond motifs is 2. The molecule has 1 aromatic carbocycles. The summed E-state index contributed by atoms with van der Waals surface area (Å²) in [6.45, 7) is 4.97. The van der Waals surface area contributed by atoms with Crippen LogP contribution in [0.15, 0.2) is 67.1 Å². The molecule has 2 aliphatic rings. The molecule has 4 heterocycles. The molecule has 29 heavy (non-hydrogen) atoms. The lowest BCUT2D eigenvalue weighted by molar-refractivity contribution is 0.304. The minimum Gasteiger partial charge on any atom is -0.497 e. The summed E-state index contributed by atoms with van der Waals surface area (Å²) in [5.74, 6) is 0.923. The molecule has 5 nitrogen and oxygen atoms in total. The third kappa shape index (κ3) is 3.47. The number of anilines is 1. The van der Waals surface area contributed by atoms with Crippen molar-refractivity contribution in [3.05, 3.63) is 83.9 Å². The second kappa shape index (κ2) is 7.48. The van der Waals surface area contributed by atoms with E-state index in [1.165, 1.54) is 22.5 Å². The van der Waals surface area contributed by atoms with E-state index in [0.717, 1.165) is 44.9 Å². The molecule has 0 amide bonds. The molecule has 0 aliphatic carbocycles. The number of rotatable bonds is 5. The summed E-state index contributed by atoms with van der Waals surface area (Å²) in [4.78, 5) is 14.2. The van der Waals surface area contributed by atoms with Crippen LogP contribution in [0.5, 0.6) is 5.75 Å². The molecule has 1 spiro atoms. The molecule has 2 aromatic heterocycles. The van der Waals surface area contributed by atoms with Crippen LogP contribution in [-0.2, 0) is 18.5 Å². The predicted molar refractivity (Wildman–Crippen MR) is 114 cm³/mol. The predicted octanol–water partition coefficient (Wildman–Crippen LogP) is 3.65. The fraction of sp³-hybridized carbons (Fsp3) is 0.333. The fourth-order valence-electron chi connectivity index (χ4n) is 4.88. The van der Waals surface area contributed by atoms with Crippen LogP contribution >= 0.6 is 0 Å². The summed E-state index contributed by atoms with van der Waals surface area (Å²) >= 11 is 0. The molecule has 3 aromatic rings. The van der Waals surface area contributed by atoms with Crippen LogP contribution in [0.1, 0.15) is 23.2 Å². The molecule has 0 radical (unpaired) electrons. The van der Waals surface area contributed by atoms with Crippen molar-refractivity contribution in [1.82, 2.24) is 14.9 Å². The molecule has 5 heteroatoms. The Morgan fingerprint density at radius 3 is 2.76 bits per heavy atom. The normalized spacial score (nSPS) is 20.9. The molecule has 1 saturated heterocycles. The van der Waals surface area contributed by atoms with Gasteiger partial charge in [-0.1, -0.05) is 18.2 Å². The van der Waals surface area contributed by atoms with E-state index in [-0.39, 0.29) is 5.41 Å². The topological polar surface area (TPSA) is 41.5 Å². The maximum absolute atomic E-state index is 5.39. The number of methoxy groups -OCH3 is 1. The SMILES string of the molecule is COc1cccc(CN2CC[C@]3(C2)CN(Cc2cccnc2)c2cccnc23)c1. The monoisotopic (exact) mass is 386 g/mol. The standard InChI is InChI=1S/C24H26N4O/c1-29-21-7-2-5-19(13-21)15-27-12-9-24(17-27)18-28(16-20-6-3-10-25-14-20)22-8-4-11-26-23(22)24/h2-8,10-11,13-14H,9,12,15-18H2,1H3/t24-/m0/s1. The van der Waals surface area contributed by atoms with Gasteiger partial charge in [0.1, 0.15) is 5.75 Å². The highest BCUT2D eigenvalue weighted by atomic mass is 16.5. The van der Waals surface area contributed by atoms with E-state index in [1.54, 1.807) is 7.11 Å². The Morgan fingerprint density at radius 1 is 1.00 bits per heavy atom. The summed E-state index contributed by atoms with van der Waals surface area (Å²) in [5.41, 5.74) is 5.19. The highest BCUT2D eigenvalue weighted by Gasteiger charge is 2.48. The Morgan fingerprint density at radius 2 is 1.90 bits per heavy atom. The number of hydrogen-bond acceptors (Lipinski definition) is 5. The smallest absolute Gasteiger partial charge is 0.119 e. The number of ether oxygens (including phenoxy) is 1. The summed E-state index contributed by atoms with van der Waals surface area (Å²) in [7, 11) is 1.72. The molecule has 0 saturated carbocycles. The lowest BCUT2D eigenvalue weighted by Crippen LogP contribution is -2.36. The van der Waals surface area contributed by atoms with Gasteiger partial charge >= 0.3 is 0 Å². The minimum atomic E-state index is 0.109. The quantitative estimate of drug-likeness (QED) is 0.670. The van der Waals surface area contributed by atoms with Crippen molar-refractivity contribution < 1.29 is 4.74 Å². The Balaban J connectivity index is 1.36. The molecule has 148 valence electrons. The third-order valence-corrected chi connectivity index (χ3v) is 6.19. The van der Waals surface area contributed by atoms with Gasteiger partial charge in [-0.3, -0.25) is 14.9 Å². The first-order chi connectivity index (χ1) is 14.3. The van der Waals surface area contributed by atoms with Gasteiger partial charge < -0.3 is 9.64 Å². The van der Waals surface area contributed by atoms with E-state index >= 15 is 0 Å². The number of nitrogens with zero attached hydrogens (tertiary/aromatic N) is 4. The average Bonchev–Trinajstić information content (AvgIpc) is 3.30. The maximum atomic E-state index is 5.39. The van der Waals surface area contributed by atoms with Gasteiger partial charge in [-0.25, -0.2) is 0 Å². The van der Waals surface area contributed by atoms with Gasteiger partial charge in [-0.05, 0) is 54.4 Å². The summed E-state index contributed by atoms with van der Waals surface area (Å²) in [5, 5.41) is 0. The van der Waals surface area contributed by atoms with E-state index in [4.69, 9.17) is 9.72 Å². The van der Waals surface area contributed by atoms with Crippen LogP contribution in [0.4, 0.5) is 5.69 Å². The van der Waals surface area contributed by atoms with Crippen molar-refractivity contribution >= 4 is 5.69 Å². The molecule has 5 rings (SSSR count). The molecule has 1 atom stereocenters. The first-order valence-corrected chi connectivity index (χ1v) is 10.2. The number of likely N-dealkylation sites (tertiary alicyclic amines) is 1. The molecular formula is C24H26N4O. The van der Waals surface area contributed by atoms with E-state index in [9.17, 15) is 0 Å². The molecular weight excluding hydrogens is 360 g/mol. The lowest BCUT2D eigenvalue weighted by atomic mass is 9.85. The molecule has 0 bridgehead atoms. The Kier molecular flexibility index (Phi) is 4.68. The highest BCUT2D eigenvalue weighted by molar-refractivity contribution is 5.60. The fourth-order valence-corrected chi connectivity index (χ4v) is 4.88. The van der Waals surface area contributed by atoms with Gasteiger partial charge in [0.05, 0.1) is 18.5 Å². The van der Waals surface area contributed by atoms with Crippen molar-refractivity contribution in [2.45, 2.75) is 24.9 Å². The van der Waals surface area contributed by atoms with Crippen LogP contribution in [0.3, 0.4) is 0 Å². The van der Waals surface area contributed by atoms with Crippen molar-refractivity contribution in [1.29, 1.82) is 0 Å². The second-order valence-corrected chi connectivity index (χ2v) is 8.18. The largest absolute Gasteiger partial charge is 0.497 e. The molecule has 2 aliphatic heterocycles.